The Hall–Kier alpha value is -3.56. The Labute approximate surface area is 248 Å². The molecule has 0 bridgehead atoms. The second kappa shape index (κ2) is 15.4. The number of benzene rings is 3. The van der Waals surface area contributed by atoms with Crippen molar-refractivity contribution >= 4 is 39.1 Å². The van der Waals surface area contributed by atoms with Gasteiger partial charge in [0.2, 0.25) is 21.8 Å². The molecule has 0 radical (unpaired) electrons. The molecule has 3 aromatic carbocycles. The van der Waals surface area contributed by atoms with Crippen molar-refractivity contribution < 1.29 is 22.7 Å². The lowest BCUT2D eigenvalue weighted by Gasteiger charge is -2.32. The Kier molecular flexibility index (Phi) is 12.0. The van der Waals surface area contributed by atoms with Crippen molar-refractivity contribution in [3.63, 3.8) is 0 Å². The minimum absolute atomic E-state index is 0.0428. The number of likely N-dealkylation sites (N-methyl/N-ethyl adjacent to an activating group) is 1. The van der Waals surface area contributed by atoms with Gasteiger partial charge >= 0.3 is 0 Å². The van der Waals surface area contributed by atoms with Crippen molar-refractivity contribution in [3.8, 4) is 5.75 Å². The number of nitrogens with one attached hydrogen (secondary N) is 1. The van der Waals surface area contributed by atoms with Crippen molar-refractivity contribution in [3.05, 3.63) is 95.0 Å². The first kappa shape index (κ1) is 32.0. The van der Waals surface area contributed by atoms with Gasteiger partial charge in [-0.2, -0.15) is 0 Å². The molecule has 1 atom stereocenters. The SMILES string of the molecule is CCNC(=O)[C@H](Cc1ccccc1)N(Cc1ccc(Cl)cc1)C(=O)CCCN(c1ccccc1OCC)S(C)(=O)=O. The second-order valence-electron chi connectivity index (χ2n) is 9.59. The van der Waals surface area contributed by atoms with Gasteiger partial charge in [-0.3, -0.25) is 13.9 Å². The van der Waals surface area contributed by atoms with Gasteiger partial charge in [-0.25, -0.2) is 8.42 Å². The van der Waals surface area contributed by atoms with Crippen LogP contribution in [0.15, 0.2) is 78.9 Å². The van der Waals surface area contributed by atoms with E-state index >= 15 is 0 Å². The number of carbonyl (C=O) groups excluding carboxylic acids is 2. The van der Waals surface area contributed by atoms with Crippen LogP contribution in [0.3, 0.4) is 0 Å². The highest BCUT2D eigenvalue weighted by Crippen LogP contribution is 2.30. The quantitative estimate of drug-likeness (QED) is 0.263. The van der Waals surface area contributed by atoms with E-state index in [1.165, 1.54) is 4.31 Å². The summed E-state index contributed by atoms with van der Waals surface area (Å²) in [6.45, 7) is 4.76. The lowest BCUT2D eigenvalue weighted by Crippen LogP contribution is -2.50. The maximum Gasteiger partial charge on any atom is 0.243 e. The molecule has 0 unspecified atom stereocenters. The van der Waals surface area contributed by atoms with E-state index in [4.69, 9.17) is 16.3 Å². The summed E-state index contributed by atoms with van der Waals surface area (Å²) >= 11 is 6.08. The van der Waals surface area contributed by atoms with E-state index in [-0.39, 0.29) is 37.7 Å². The van der Waals surface area contributed by atoms with Crippen molar-refractivity contribution in [2.75, 3.05) is 30.3 Å². The summed E-state index contributed by atoms with van der Waals surface area (Å²) in [7, 11) is -3.66. The highest BCUT2D eigenvalue weighted by Gasteiger charge is 2.30. The number of rotatable bonds is 15. The first-order valence-corrected chi connectivity index (χ1v) is 15.9. The molecule has 2 amide bonds. The number of sulfonamides is 1. The number of hydrogen-bond acceptors (Lipinski definition) is 5. The van der Waals surface area contributed by atoms with Crippen molar-refractivity contribution in [1.82, 2.24) is 10.2 Å². The normalized spacial score (nSPS) is 11.9. The molecule has 0 aromatic heterocycles. The molecule has 0 spiro atoms. The van der Waals surface area contributed by atoms with Gasteiger partial charge in [-0.1, -0.05) is 66.2 Å². The van der Waals surface area contributed by atoms with Gasteiger partial charge in [0.1, 0.15) is 11.8 Å². The molecule has 0 aliphatic rings. The number of halogens is 1. The number of ether oxygens (including phenoxy) is 1. The zero-order valence-corrected chi connectivity index (χ0v) is 25.3. The maximum absolute atomic E-state index is 13.8. The third-order valence-corrected chi connectivity index (χ3v) is 7.91. The molecule has 1 N–H and O–H groups in total. The molecule has 0 aliphatic heterocycles. The summed E-state index contributed by atoms with van der Waals surface area (Å²) in [6, 6.07) is 22.9. The van der Waals surface area contributed by atoms with Crippen molar-refractivity contribution in [1.29, 1.82) is 0 Å². The van der Waals surface area contributed by atoms with Crippen LogP contribution in [0.25, 0.3) is 0 Å². The van der Waals surface area contributed by atoms with Crippen LogP contribution < -0.4 is 14.4 Å². The van der Waals surface area contributed by atoms with Gasteiger partial charge in [0.15, 0.2) is 0 Å². The van der Waals surface area contributed by atoms with Gasteiger partial charge in [0.05, 0.1) is 18.6 Å². The molecule has 0 fully saturated rings. The van der Waals surface area contributed by atoms with Crippen molar-refractivity contribution in [2.24, 2.45) is 0 Å². The molecular formula is C31H38ClN3O5S. The molecule has 0 saturated heterocycles. The first-order valence-electron chi connectivity index (χ1n) is 13.7. The maximum atomic E-state index is 13.8. The van der Waals surface area contributed by atoms with E-state index in [1.54, 1.807) is 41.3 Å². The molecule has 0 heterocycles. The fraction of sp³-hybridized carbons (Fsp3) is 0.355. The number of carbonyl (C=O) groups is 2. The largest absolute Gasteiger partial charge is 0.492 e. The number of hydrogen-bond donors (Lipinski definition) is 1. The molecule has 3 rings (SSSR count). The van der Waals surface area contributed by atoms with Gasteiger partial charge in [0, 0.05) is 37.5 Å². The van der Waals surface area contributed by atoms with E-state index in [9.17, 15) is 18.0 Å². The fourth-order valence-electron chi connectivity index (χ4n) is 4.56. The smallest absolute Gasteiger partial charge is 0.243 e. The van der Waals surface area contributed by atoms with Crippen LogP contribution in [0.2, 0.25) is 5.02 Å². The Morgan fingerprint density at radius 3 is 2.22 bits per heavy atom. The highest BCUT2D eigenvalue weighted by molar-refractivity contribution is 7.92. The molecule has 0 aliphatic carbocycles. The Bertz CT molecular complexity index is 1380. The number of nitrogens with zero attached hydrogens (tertiary/aromatic N) is 2. The summed E-state index contributed by atoms with van der Waals surface area (Å²) in [5.41, 5.74) is 2.17. The minimum Gasteiger partial charge on any atom is -0.492 e. The molecule has 3 aromatic rings. The first-order chi connectivity index (χ1) is 19.6. The van der Waals surface area contributed by atoms with E-state index in [2.05, 4.69) is 5.32 Å². The number of para-hydroxylation sites is 2. The summed E-state index contributed by atoms with van der Waals surface area (Å²) in [4.78, 5) is 28.7. The Balaban J connectivity index is 1.87. The van der Waals surface area contributed by atoms with Crippen LogP contribution >= 0.6 is 11.6 Å². The van der Waals surface area contributed by atoms with Gasteiger partial charge in [-0.15, -0.1) is 0 Å². The fourth-order valence-corrected chi connectivity index (χ4v) is 5.65. The van der Waals surface area contributed by atoms with Crippen LogP contribution in [0.4, 0.5) is 5.69 Å². The molecular weight excluding hydrogens is 562 g/mol. The average Bonchev–Trinajstić information content (AvgIpc) is 2.94. The Morgan fingerprint density at radius 1 is 0.927 bits per heavy atom. The van der Waals surface area contributed by atoms with Gasteiger partial charge in [-0.05, 0) is 55.7 Å². The number of amides is 2. The van der Waals surface area contributed by atoms with E-state index in [1.807, 2.05) is 56.3 Å². The van der Waals surface area contributed by atoms with Gasteiger partial charge in [0.25, 0.3) is 0 Å². The second-order valence-corrected chi connectivity index (χ2v) is 11.9. The molecule has 41 heavy (non-hydrogen) atoms. The third kappa shape index (κ3) is 9.50. The van der Waals surface area contributed by atoms with Crippen LogP contribution in [0.5, 0.6) is 5.75 Å². The van der Waals surface area contributed by atoms with E-state index in [0.717, 1.165) is 17.4 Å². The van der Waals surface area contributed by atoms with Crippen LogP contribution in [-0.4, -0.2) is 57.1 Å². The summed E-state index contributed by atoms with van der Waals surface area (Å²) < 4.78 is 32.4. The average molecular weight is 600 g/mol. The summed E-state index contributed by atoms with van der Waals surface area (Å²) in [5, 5.41) is 3.45. The minimum atomic E-state index is -3.66. The topological polar surface area (TPSA) is 96.0 Å². The molecule has 8 nitrogen and oxygen atoms in total. The van der Waals surface area contributed by atoms with Crippen LogP contribution in [0, 0.1) is 0 Å². The van der Waals surface area contributed by atoms with E-state index < -0.39 is 16.1 Å². The lowest BCUT2D eigenvalue weighted by atomic mass is 10.0. The Morgan fingerprint density at radius 2 is 1.59 bits per heavy atom. The van der Waals surface area contributed by atoms with E-state index in [0.29, 0.717) is 36.0 Å². The molecule has 220 valence electrons. The molecule has 10 heteroatoms. The summed E-state index contributed by atoms with van der Waals surface area (Å²) in [6.07, 6.45) is 1.76. The highest BCUT2D eigenvalue weighted by atomic mass is 35.5. The monoisotopic (exact) mass is 599 g/mol. The zero-order chi connectivity index (χ0) is 29.8. The predicted molar refractivity (Wildman–Crippen MR) is 164 cm³/mol. The summed E-state index contributed by atoms with van der Waals surface area (Å²) in [5.74, 6) is -0.0453. The van der Waals surface area contributed by atoms with Gasteiger partial charge < -0.3 is 15.0 Å². The standard InChI is InChI=1S/C31H38ClN3O5S/c1-4-33-31(37)28(22-24-12-7-6-8-13-24)34(23-25-17-19-26(32)20-18-25)30(36)16-11-21-35(41(3,38)39)27-14-9-10-15-29(27)40-5-2/h6-10,12-15,17-20,28H,4-5,11,16,21-23H2,1-3H3,(H,33,37)/t28-/m0/s1. The van der Waals surface area contributed by atoms with Crippen LogP contribution in [0.1, 0.15) is 37.8 Å². The lowest BCUT2D eigenvalue weighted by molar-refractivity contribution is -0.141. The zero-order valence-electron chi connectivity index (χ0n) is 23.8. The van der Waals surface area contributed by atoms with Crippen LogP contribution in [-0.2, 0) is 32.6 Å². The third-order valence-electron chi connectivity index (χ3n) is 6.47. The van der Waals surface area contributed by atoms with Crippen molar-refractivity contribution in [2.45, 2.75) is 45.7 Å². The number of anilines is 1. The predicted octanol–water partition coefficient (Wildman–Crippen LogP) is 5.06. The molecule has 0 saturated carbocycles.